The number of nitrogens with zero attached hydrogens (tertiary/aromatic N) is 6. The summed E-state index contributed by atoms with van der Waals surface area (Å²) >= 11 is 0. The van der Waals surface area contributed by atoms with Gasteiger partial charge in [-0.15, -0.1) is 10.2 Å². The molecule has 4 aromatic rings. The molecule has 1 aromatic carbocycles. The summed E-state index contributed by atoms with van der Waals surface area (Å²) in [5.41, 5.74) is -1.08. The van der Waals surface area contributed by atoms with Crippen LogP contribution in [0.1, 0.15) is 16.2 Å². The first-order chi connectivity index (χ1) is 15.6. The van der Waals surface area contributed by atoms with Gasteiger partial charge in [0.05, 0.1) is 17.8 Å². The topological polar surface area (TPSA) is 107 Å². The lowest BCUT2D eigenvalue weighted by molar-refractivity contribution is -0.151. The number of carbonyl (C=O) groups excluding carboxylic acids is 1. The van der Waals surface area contributed by atoms with E-state index in [-0.39, 0.29) is 33.0 Å². The minimum absolute atomic E-state index is 0.0961. The van der Waals surface area contributed by atoms with Crippen molar-refractivity contribution in [2.45, 2.75) is 12.8 Å². The fourth-order valence-electron chi connectivity index (χ4n) is 2.91. The molecule has 0 aliphatic rings. The average Bonchev–Trinajstić information content (AvgIpc) is 3.18. The maximum atomic E-state index is 13.0. The third kappa shape index (κ3) is 4.49. The van der Waals surface area contributed by atoms with Crippen molar-refractivity contribution in [3.05, 3.63) is 71.7 Å². The van der Waals surface area contributed by atoms with Gasteiger partial charge in [0.2, 0.25) is 0 Å². The van der Waals surface area contributed by atoms with E-state index in [0.29, 0.717) is 17.8 Å². The van der Waals surface area contributed by atoms with Crippen LogP contribution in [0.2, 0.25) is 0 Å². The molecule has 0 fully saturated rings. The number of halogens is 5. The van der Waals surface area contributed by atoms with E-state index in [9.17, 15) is 32.0 Å². The number of ether oxygens (including phenoxy) is 1. The van der Waals surface area contributed by atoms with Gasteiger partial charge in [-0.05, 0) is 36.4 Å². The van der Waals surface area contributed by atoms with Gasteiger partial charge >= 0.3 is 12.8 Å². The monoisotopic (exact) mass is 466 g/mol. The van der Waals surface area contributed by atoms with E-state index in [1.54, 1.807) is 0 Å². The van der Waals surface area contributed by atoms with E-state index in [1.807, 2.05) is 0 Å². The number of amides is 1. The number of fused-ring (bicyclic) bond motifs is 1. The van der Waals surface area contributed by atoms with Crippen LogP contribution >= 0.6 is 0 Å². The zero-order chi connectivity index (χ0) is 23.8. The number of hydrogen-bond donors (Lipinski definition) is 1. The Balaban J connectivity index is 1.77. The van der Waals surface area contributed by atoms with Crippen LogP contribution in [0.4, 0.5) is 22.0 Å². The summed E-state index contributed by atoms with van der Waals surface area (Å²) in [5.74, 6) is -0.927. The smallest absolute Gasteiger partial charge is 0.434 e. The number of aromatic nitrogens is 5. The van der Waals surface area contributed by atoms with Crippen molar-refractivity contribution in [2.75, 3.05) is 0 Å². The summed E-state index contributed by atoms with van der Waals surface area (Å²) in [5, 5.41) is 16.9. The van der Waals surface area contributed by atoms with Gasteiger partial charge in [-0.1, -0.05) is 0 Å². The highest BCUT2D eigenvalue weighted by Gasteiger charge is 2.34. The Morgan fingerprint density at radius 3 is 2.48 bits per heavy atom. The molecule has 14 heteroatoms. The van der Waals surface area contributed by atoms with Crippen LogP contribution in [-0.4, -0.2) is 42.0 Å². The molecule has 9 nitrogen and oxygen atoms in total. The Morgan fingerprint density at radius 1 is 1.09 bits per heavy atom. The standard InChI is InChI=1S/C19H11F5N6O3/c20-18(21)33-12-3-1-10(2-4-12)16-28-27-15-9-25-8-13(30(15)16)17(31)26-11-5-6-29(32)14(7-11)19(22,23)24/h1-9,18,32H. The lowest BCUT2D eigenvalue weighted by Gasteiger charge is -2.10. The third-order valence-corrected chi connectivity index (χ3v) is 4.31. The summed E-state index contributed by atoms with van der Waals surface area (Å²) in [7, 11) is 0. The summed E-state index contributed by atoms with van der Waals surface area (Å²) in [4.78, 5) is 20.3. The van der Waals surface area contributed by atoms with Crippen LogP contribution in [0.15, 0.2) is 60.0 Å². The maximum Gasteiger partial charge on any atom is 0.434 e. The Kier molecular flexibility index (Phi) is 5.49. The van der Waals surface area contributed by atoms with Crippen LogP contribution in [0, 0.1) is 0 Å². The number of carbonyl (C=O) groups is 1. The van der Waals surface area contributed by atoms with Gasteiger partial charge < -0.3 is 9.94 Å². The molecule has 0 unspecified atom stereocenters. The van der Waals surface area contributed by atoms with Crippen LogP contribution < -0.4 is 10.1 Å². The minimum Gasteiger partial charge on any atom is -0.435 e. The summed E-state index contributed by atoms with van der Waals surface area (Å²) in [6, 6.07) is 6.86. The van der Waals surface area contributed by atoms with Crippen LogP contribution in [0.5, 0.6) is 5.75 Å². The van der Waals surface area contributed by atoms with Gasteiger partial charge in [0.25, 0.3) is 5.91 Å². The van der Waals surface area contributed by atoms with E-state index < -0.39 is 24.4 Å². The molecule has 1 amide bonds. The molecule has 0 radical (unpaired) electrons. The van der Waals surface area contributed by atoms with Crippen molar-refractivity contribution < 1.29 is 36.7 Å². The fourth-order valence-corrected chi connectivity index (χ4v) is 2.91. The molecule has 33 heavy (non-hydrogen) atoms. The highest BCUT2D eigenvalue weighted by molar-refractivity contribution is 5.94. The molecule has 4 rings (SSSR count). The maximum absolute atomic E-state index is 13.0. The highest BCUT2D eigenvalue weighted by Crippen LogP contribution is 2.27. The second-order valence-electron chi connectivity index (χ2n) is 6.44. The Hall–Kier alpha value is -4.36. The SMILES string of the molecule is O=C(N=c1ccn(O)c(C(F)(F)F)c1)c1cncc2nnc(-c3ccc(OC(F)F)cc3)n12. The Morgan fingerprint density at radius 2 is 1.82 bits per heavy atom. The van der Waals surface area contributed by atoms with Crippen LogP contribution in [-0.2, 0) is 6.18 Å². The van der Waals surface area contributed by atoms with Gasteiger partial charge in [-0.25, -0.2) is 4.99 Å². The summed E-state index contributed by atoms with van der Waals surface area (Å²) < 4.78 is 69.1. The number of alkyl halides is 5. The lowest BCUT2D eigenvalue weighted by Crippen LogP contribution is -2.20. The van der Waals surface area contributed by atoms with E-state index in [0.717, 1.165) is 12.3 Å². The molecule has 170 valence electrons. The van der Waals surface area contributed by atoms with Gasteiger partial charge in [0.15, 0.2) is 17.2 Å². The van der Waals surface area contributed by atoms with Crippen molar-refractivity contribution in [3.8, 4) is 17.1 Å². The van der Waals surface area contributed by atoms with E-state index in [4.69, 9.17) is 0 Å². The Bertz CT molecular complexity index is 1400. The third-order valence-electron chi connectivity index (χ3n) is 4.31. The zero-order valence-electron chi connectivity index (χ0n) is 16.1. The second kappa shape index (κ2) is 8.29. The fraction of sp³-hybridized carbons (Fsp3) is 0.105. The number of pyridine rings is 1. The largest absolute Gasteiger partial charge is 0.435 e. The average molecular weight is 466 g/mol. The van der Waals surface area contributed by atoms with Crippen molar-refractivity contribution in [2.24, 2.45) is 4.99 Å². The van der Waals surface area contributed by atoms with E-state index in [1.165, 1.54) is 34.9 Å². The molecule has 0 spiro atoms. The number of benzene rings is 1. The zero-order valence-corrected chi connectivity index (χ0v) is 16.1. The molecule has 0 bridgehead atoms. The van der Waals surface area contributed by atoms with Gasteiger partial charge in [-0.2, -0.15) is 26.7 Å². The molecule has 0 aliphatic heterocycles. The molecular weight excluding hydrogens is 455 g/mol. The molecule has 0 saturated heterocycles. The summed E-state index contributed by atoms with van der Waals surface area (Å²) in [6.07, 6.45) is -1.77. The van der Waals surface area contributed by atoms with Crippen LogP contribution in [0.25, 0.3) is 17.0 Å². The first-order valence-electron chi connectivity index (χ1n) is 8.96. The first-order valence-corrected chi connectivity index (χ1v) is 8.96. The highest BCUT2D eigenvalue weighted by atomic mass is 19.4. The molecule has 0 aliphatic carbocycles. The minimum atomic E-state index is -4.88. The molecule has 0 saturated carbocycles. The van der Waals surface area contributed by atoms with Crippen molar-refractivity contribution >= 4 is 11.6 Å². The summed E-state index contributed by atoms with van der Waals surface area (Å²) in [6.45, 7) is -3.00. The van der Waals surface area contributed by atoms with Crippen molar-refractivity contribution in [1.82, 2.24) is 24.3 Å². The predicted molar refractivity (Wildman–Crippen MR) is 99.4 cm³/mol. The second-order valence-corrected chi connectivity index (χ2v) is 6.44. The lowest BCUT2D eigenvalue weighted by atomic mass is 10.2. The molecule has 3 heterocycles. The van der Waals surface area contributed by atoms with Gasteiger partial charge in [-0.3, -0.25) is 14.2 Å². The van der Waals surface area contributed by atoms with E-state index in [2.05, 4.69) is 24.9 Å². The van der Waals surface area contributed by atoms with Gasteiger partial charge in [0.1, 0.15) is 11.4 Å². The molecule has 1 N–H and O–H groups in total. The van der Waals surface area contributed by atoms with Crippen molar-refractivity contribution in [3.63, 3.8) is 0 Å². The first kappa shape index (κ1) is 21.9. The molecule has 3 aromatic heterocycles. The van der Waals surface area contributed by atoms with Gasteiger partial charge in [0, 0.05) is 11.8 Å². The van der Waals surface area contributed by atoms with Crippen molar-refractivity contribution in [1.29, 1.82) is 0 Å². The van der Waals surface area contributed by atoms with E-state index >= 15 is 0 Å². The normalized spacial score (nSPS) is 12.5. The predicted octanol–water partition coefficient (Wildman–Crippen LogP) is 3.19. The van der Waals surface area contributed by atoms with Crippen LogP contribution in [0.3, 0.4) is 0 Å². The number of hydrogen-bond acceptors (Lipinski definition) is 6. The quantitative estimate of drug-likeness (QED) is 0.366. The Labute approximate surface area is 180 Å². The molecule has 0 atom stereocenters. The molecular formula is C19H11F5N6O3. The number of rotatable bonds is 4.